The van der Waals surface area contributed by atoms with Gasteiger partial charge in [-0.15, -0.1) is 11.3 Å². The van der Waals surface area contributed by atoms with E-state index in [0.29, 0.717) is 29.5 Å². The number of anilines is 2. The topological polar surface area (TPSA) is 91.8 Å². The highest BCUT2D eigenvalue weighted by Crippen LogP contribution is 2.26. The van der Waals surface area contributed by atoms with Crippen LogP contribution in [0.5, 0.6) is 5.75 Å². The van der Waals surface area contributed by atoms with Gasteiger partial charge in [0.15, 0.2) is 0 Å². The molecule has 1 aliphatic rings. The third kappa shape index (κ3) is 6.16. The van der Waals surface area contributed by atoms with Gasteiger partial charge in [0.1, 0.15) is 11.6 Å². The molecule has 37 heavy (non-hydrogen) atoms. The number of amides is 1. The molecule has 4 aromatic rings. The van der Waals surface area contributed by atoms with Crippen LogP contribution in [0.25, 0.3) is 10.4 Å². The van der Waals surface area contributed by atoms with Crippen molar-refractivity contribution in [3.63, 3.8) is 0 Å². The number of rotatable bonds is 8. The number of carboxylic acids is 1. The Balaban J connectivity index is 1.10. The van der Waals surface area contributed by atoms with Crippen molar-refractivity contribution >= 4 is 34.7 Å². The van der Waals surface area contributed by atoms with Crippen LogP contribution in [0.2, 0.25) is 0 Å². The third-order valence-electron chi connectivity index (χ3n) is 6.46. The summed E-state index contributed by atoms with van der Waals surface area (Å²) >= 11 is 1.67. The number of carbonyl (C=O) groups is 2. The predicted molar refractivity (Wildman–Crippen MR) is 146 cm³/mol. The largest absolute Gasteiger partial charge is 0.493 e. The minimum absolute atomic E-state index is 0.165. The summed E-state index contributed by atoms with van der Waals surface area (Å²) in [6.07, 6.45) is 3.61. The van der Waals surface area contributed by atoms with Gasteiger partial charge in [-0.3, -0.25) is 4.79 Å². The third-order valence-corrected chi connectivity index (χ3v) is 7.38. The molecule has 5 rings (SSSR count). The fourth-order valence-corrected chi connectivity index (χ4v) is 5.07. The van der Waals surface area contributed by atoms with Crippen LogP contribution in [0.3, 0.4) is 0 Å². The summed E-state index contributed by atoms with van der Waals surface area (Å²) in [7, 11) is 0. The molecule has 0 radical (unpaired) electrons. The summed E-state index contributed by atoms with van der Waals surface area (Å²) in [4.78, 5) is 31.8. The molecule has 0 atom stereocenters. The van der Waals surface area contributed by atoms with Gasteiger partial charge >= 0.3 is 5.97 Å². The zero-order valence-electron chi connectivity index (χ0n) is 20.2. The number of carbonyl (C=O) groups excluding carboxylic acids is 1. The normalized spacial score (nSPS) is 13.8. The number of hydrogen-bond acceptors (Lipinski definition) is 6. The molecule has 0 unspecified atom stereocenters. The van der Waals surface area contributed by atoms with Gasteiger partial charge in [-0.1, -0.05) is 24.3 Å². The number of hydrogen-bond donors (Lipinski definition) is 2. The maximum Gasteiger partial charge on any atom is 0.335 e. The van der Waals surface area contributed by atoms with Gasteiger partial charge in [0.05, 0.1) is 24.1 Å². The monoisotopic (exact) mass is 513 g/mol. The lowest BCUT2D eigenvalue weighted by Crippen LogP contribution is -2.36. The van der Waals surface area contributed by atoms with Crippen LogP contribution in [0.1, 0.15) is 33.6 Å². The second kappa shape index (κ2) is 11.3. The van der Waals surface area contributed by atoms with Crippen LogP contribution in [0, 0.1) is 5.92 Å². The highest BCUT2D eigenvalue weighted by molar-refractivity contribution is 7.13. The summed E-state index contributed by atoms with van der Waals surface area (Å²) in [6, 6.07) is 22.1. The zero-order valence-corrected chi connectivity index (χ0v) is 21.0. The highest BCUT2D eigenvalue weighted by Gasteiger charge is 2.21. The Hall–Kier alpha value is -4.17. The van der Waals surface area contributed by atoms with Crippen molar-refractivity contribution in [2.24, 2.45) is 5.92 Å². The molecule has 7 nitrogen and oxygen atoms in total. The number of pyridine rings is 1. The number of thiophene rings is 1. The van der Waals surface area contributed by atoms with Gasteiger partial charge in [-0.05, 0) is 78.2 Å². The van der Waals surface area contributed by atoms with Crippen molar-refractivity contribution < 1.29 is 19.4 Å². The zero-order chi connectivity index (χ0) is 25.6. The first kappa shape index (κ1) is 24.5. The highest BCUT2D eigenvalue weighted by atomic mass is 32.1. The van der Waals surface area contributed by atoms with Crippen LogP contribution < -0.4 is 15.0 Å². The van der Waals surface area contributed by atoms with E-state index in [2.05, 4.69) is 21.3 Å². The van der Waals surface area contributed by atoms with E-state index in [-0.39, 0.29) is 11.5 Å². The van der Waals surface area contributed by atoms with Gasteiger partial charge in [0.2, 0.25) is 0 Å². The number of aromatic nitrogens is 1. The fraction of sp³-hybridized carbons (Fsp3) is 0.207. The lowest BCUT2D eigenvalue weighted by atomic mass is 9.98. The Morgan fingerprint density at radius 1 is 1.00 bits per heavy atom. The van der Waals surface area contributed by atoms with Gasteiger partial charge < -0.3 is 20.1 Å². The van der Waals surface area contributed by atoms with Crippen LogP contribution in [-0.2, 0) is 0 Å². The molecule has 3 heterocycles. The van der Waals surface area contributed by atoms with Gasteiger partial charge in [-0.25, -0.2) is 9.78 Å². The van der Waals surface area contributed by atoms with Gasteiger partial charge in [-0.2, -0.15) is 0 Å². The molecule has 2 aromatic heterocycles. The van der Waals surface area contributed by atoms with Crippen LogP contribution >= 0.6 is 11.3 Å². The van der Waals surface area contributed by atoms with Gasteiger partial charge in [0, 0.05) is 23.5 Å². The number of aromatic carboxylic acids is 1. The summed E-state index contributed by atoms with van der Waals surface area (Å²) in [5, 5.41) is 14.1. The molecule has 1 aliphatic heterocycles. The van der Waals surface area contributed by atoms with E-state index >= 15 is 0 Å². The van der Waals surface area contributed by atoms with E-state index in [1.807, 2.05) is 47.8 Å². The number of carboxylic acid groups (broad SMARTS) is 1. The molecule has 2 aromatic carbocycles. The van der Waals surface area contributed by atoms with Crippen LogP contribution in [0.4, 0.5) is 11.5 Å². The Labute approximate surface area is 219 Å². The number of nitrogens with zero attached hydrogens (tertiary/aromatic N) is 2. The van der Waals surface area contributed by atoms with Crippen LogP contribution in [0.15, 0.2) is 84.4 Å². The second-order valence-electron chi connectivity index (χ2n) is 8.99. The van der Waals surface area contributed by atoms with Crippen molar-refractivity contribution in [1.29, 1.82) is 0 Å². The molecule has 0 aliphatic carbocycles. The maximum atomic E-state index is 12.7. The number of piperidine rings is 1. The average Bonchev–Trinajstić information content (AvgIpc) is 3.48. The summed E-state index contributed by atoms with van der Waals surface area (Å²) in [5.41, 5.74) is 2.58. The molecule has 1 amide bonds. The molecular weight excluding hydrogens is 486 g/mol. The van der Waals surface area contributed by atoms with Crippen molar-refractivity contribution in [2.45, 2.75) is 12.8 Å². The fourth-order valence-electron chi connectivity index (χ4n) is 4.34. The van der Waals surface area contributed by atoms with E-state index in [4.69, 9.17) is 9.84 Å². The van der Waals surface area contributed by atoms with Crippen molar-refractivity contribution in [2.75, 3.05) is 29.9 Å². The first-order chi connectivity index (χ1) is 18.0. The van der Waals surface area contributed by atoms with E-state index in [0.717, 1.165) is 37.3 Å². The van der Waals surface area contributed by atoms with E-state index < -0.39 is 5.97 Å². The standard InChI is InChI=1S/C29H27N3O4S/c33-28(22-8-6-21(7-9-22)26-5-2-16-37-26)31-24-10-11-27(30-18-24)32-14-12-20(13-15-32)19-36-25-4-1-3-23(17-25)29(34)35/h1-11,16-18,20H,12-15,19H2,(H,31,33)(H,34,35). The summed E-state index contributed by atoms with van der Waals surface area (Å²) in [5.74, 6) is 0.740. The second-order valence-corrected chi connectivity index (χ2v) is 9.94. The molecular formula is C29H27N3O4S. The SMILES string of the molecule is O=C(O)c1cccc(OCC2CCN(c3ccc(NC(=O)c4ccc(-c5cccs5)cc4)cn3)CC2)c1. The summed E-state index contributed by atoms with van der Waals surface area (Å²) < 4.78 is 5.85. The van der Waals surface area contributed by atoms with E-state index in [1.54, 1.807) is 41.8 Å². The number of ether oxygens (including phenoxy) is 1. The van der Waals surface area contributed by atoms with Crippen molar-refractivity contribution in [3.8, 4) is 16.2 Å². The number of benzene rings is 2. The van der Waals surface area contributed by atoms with Crippen molar-refractivity contribution in [1.82, 2.24) is 4.98 Å². The summed E-state index contributed by atoms with van der Waals surface area (Å²) in [6.45, 7) is 2.28. The molecule has 1 fully saturated rings. The molecule has 1 saturated heterocycles. The van der Waals surface area contributed by atoms with E-state index in [1.165, 1.54) is 4.88 Å². The molecule has 8 heteroatoms. The minimum atomic E-state index is -0.958. The van der Waals surface area contributed by atoms with Gasteiger partial charge in [0.25, 0.3) is 5.91 Å². The smallest absolute Gasteiger partial charge is 0.335 e. The Morgan fingerprint density at radius 3 is 2.49 bits per heavy atom. The Bertz CT molecular complexity index is 1350. The molecule has 0 bridgehead atoms. The quantitative estimate of drug-likeness (QED) is 0.298. The van der Waals surface area contributed by atoms with E-state index in [9.17, 15) is 9.59 Å². The maximum absolute atomic E-state index is 12.7. The number of nitrogens with one attached hydrogen (secondary N) is 1. The average molecular weight is 514 g/mol. The molecule has 188 valence electrons. The van der Waals surface area contributed by atoms with Crippen LogP contribution in [-0.4, -0.2) is 41.7 Å². The minimum Gasteiger partial charge on any atom is -0.493 e. The first-order valence-electron chi connectivity index (χ1n) is 12.2. The first-order valence-corrected chi connectivity index (χ1v) is 13.1. The lowest BCUT2D eigenvalue weighted by Gasteiger charge is -2.32. The molecule has 0 saturated carbocycles. The van der Waals surface area contributed by atoms with Crippen molar-refractivity contribution in [3.05, 3.63) is 95.5 Å². The Morgan fingerprint density at radius 2 is 1.81 bits per heavy atom. The predicted octanol–water partition coefficient (Wildman–Crippen LogP) is 6.06. The Kier molecular flexibility index (Phi) is 7.46. The lowest BCUT2D eigenvalue weighted by molar-refractivity contribution is 0.0696. The molecule has 0 spiro atoms. The molecule has 2 N–H and O–H groups in total.